The van der Waals surface area contributed by atoms with Gasteiger partial charge in [-0.3, -0.25) is 9.69 Å². The van der Waals surface area contributed by atoms with Gasteiger partial charge >= 0.3 is 6.09 Å². The minimum absolute atomic E-state index is 0.133. The number of anilines is 1. The first-order chi connectivity index (χ1) is 9.98. The van der Waals surface area contributed by atoms with Crippen LogP contribution in [0.2, 0.25) is 0 Å². The second kappa shape index (κ2) is 5.04. The smallest absolute Gasteiger partial charge is 0.414 e. The van der Waals surface area contributed by atoms with Crippen molar-refractivity contribution in [3.63, 3.8) is 0 Å². The highest BCUT2D eigenvalue weighted by Crippen LogP contribution is 2.43. The number of hydrogen-bond donors (Lipinski definition) is 2. The molecule has 3 rings (SSSR count). The molecule has 0 bridgehead atoms. The average Bonchev–Trinajstić information content (AvgIpc) is 3.09. The summed E-state index contributed by atoms with van der Waals surface area (Å²) in [6.45, 7) is 2.21. The van der Waals surface area contributed by atoms with E-state index in [1.165, 1.54) is 6.92 Å². The molecule has 2 aliphatic rings. The van der Waals surface area contributed by atoms with Crippen molar-refractivity contribution in [2.75, 3.05) is 18.0 Å². The molecule has 0 aromatic heterocycles. The maximum Gasteiger partial charge on any atom is 0.414 e. The Morgan fingerprint density at radius 3 is 2.67 bits per heavy atom. The Morgan fingerprint density at radius 2 is 2.10 bits per heavy atom. The Morgan fingerprint density at radius 1 is 1.43 bits per heavy atom. The molecule has 6 heteroatoms. The number of benzene rings is 1. The van der Waals surface area contributed by atoms with Gasteiger partial charge in [0.25, 0.3) is 0 Å². The number of nitrogens with one attached hydrogen (secondary N) is 1. The van der Waals surface area contributed by atoms with E-state index in [0.717, 1.165) is 24.1 Å². The van der Waals surface area contributed by atoms with Gasteiger partial charge in [-0.2, -0.15) is 0 Å². The molecule has 1 aromatic rings. The number of nitrogens with zero attached hydrogens (tertiary/aromatic N) is 1. The van der Waals surface area contributed by atoms with Crippen LogP contribution in [0, 0.1) is 0 Å². The van der Waals surface area contributed by atoms with Crippen molar-refractivity contribution in [1.29, 1.82) is 0 Å². The van der Waals surface area contributed by atoms with Gasteiger partial charge in [-0.15, -0.1) is 0 Å². The minimum Gasteiger partial charge on any atom is -0.442 e. The van der Waals surface area contributed by atoms with Gasteiger partial charge in [0, 0.05) is 18.2 Å². The Labute approximate surface area is 123 Å². The maximum atomic E-state index is 11.9. The topological polar surface area (TPSA) is 84.7 Å². The van der Waals surface area contributed by atoms with E-state index in [-0.39, 0.29) is 23.6 Å². The number of amides is 2. The standard InChI is InChI=1S/C15H19N3O3/c1-10(19)17-8-13-9-18(14(20)21-13)12-4-2-11(3-5-12)15(16)6-7-15/h2-5,13H,6-9,16H2,1H3,(H,17,19)/t13-/m0/s1. The molecule has 2 fully saturated rings. The molecule has 21 heavy (non-hydrogen) atoms. The number of rotatable bonds is 4. The van der Waals surface area contributed by atoms with Crippen molar-refractivity contribution >= 4 is 17.7 Å². The molecule has 112 valence electrons. The summed E-state index contributed by atoms with van der Waals surface area (Å²) in [5.74, 6) is -0.133. The van der Waals surface area contributed by atoms with Gasteiger partial charge in [0.2, 0.25) is 5.91 Å². The third-order valence-electron chi connectivity index (χ3n) is 4.00. The van der Waals surface area contributed by atoms with Gasteiger partial charge in [-0.25, -0.2) is 4.79 Å². The summed E-state index contributed by atoms with van der Waals surface area (Å²) in [7, 11) is 0. The van der Waals surface area contributed by atoms with Crippen LogP contribution in [0.4, 0.5) is 10.5 Å². The number of ether oxygens (including phenoxy) is 1. The van der Waals surface area contributed by atoms with Gasteiger partial charge in [-0.05, 0) is 30.5 Å². The van der Waals surface area contributed by atoms with Crippen molar-refractivity contribution in [2.45, 2.75) is 31.4 Å². The highest BCUT2D eigenvalue weighted by Gasteiger charge is 2.40. The van der Waals surface area contributed by atoms with E-state index in [1.54, 1.807) is 4.90 Å². The van der Waals surface area contributed by atoms with Crippen LogP contribution in [0.25, 0.3) is 0 Å². The van der Waals surface area contributed by atoms with E-state index < -0.39 is 0 Å². The van der Waals surface area contributed by atoms with Crippen molar-refractivity contribution in [2.24, 2.45) is 5.73 Å². The van der Waals surface area contributed by atoms with E-state index in [4.69, 9.17) is 10.5 Å². The zero-order chi connectivity index (χ0) is 15.0. The monoisotopic (exact) mass is 289 g/mol. The summed E-state index contributed by atoms with van der Waals surface area (Å²) < 4.78 is 5.24. The lowest BCUT2D eigenvalue weighted by Crippen LogP contribution is -2.33. The number of carbonyl (C=O) groups excluding carboxylic acids is 2. The van der Waals surface area contributed by atoms with Gasteiger partial charge in [0.1, 0.15) is 6.10 Å². The summed E-state index contributed by atoms with van der Waals surface area (Å²) in [6.07, 6.45) is 1.32. The molecule has 1 atom stereocenters. The molecule has 6 nitrogen and oxygen atoms in total. The Hall–Kier alpha value is -2.08. The molecule has 1 aliphatic carbocycles. The lowest BCUT2D eigenvalue weighted by atomic mass is 10.1. The maximum absolute atomic E-state index is 11.9. The van der Waals surface area contributed by atoms with Crippen LogP contribution in [0.5, 0.6) is 0 Å². The molecule has 1 aliphatic heterocycles. The second-order valence-corrected chi connectivity index (χ2v) is 5.76. The SMILES string of the molecule is CC(=O)NC[C@H]1CN(c2ccc(C3(N)CC3)cc2)C(=O)O1. The molecule has 1 saturated carbocycles. The van der Waals surface area contributed by atoms with Gasteiger partial charge in [0.05, 0.1) is 13.1 Å². The molecule has 3 N–H and O–H groups in total. The molecule has 2 amide bonds. The van der Waals surface area contributed by atoms with Gasteiger partial charge in [-0.1, -0.05) is 12.1 Å². The zero-order valence-electron chi connectivity index (χ0n) is 12.0. The zero-order valence-corrected chi connectivity index (χ0v) is 12.0. The summed E-state index contributed by atoms with van der Waals surface area (Å²) in [6, 6.07) is 7.72. The lowest BCUT2D eigenvalue weighted by molar-refractivity contribution is -0.119. The quantitative estimate of drug-likeness (QED) is 0.869. The van der Waals surface area contributed by atoms with Crippen molar-refractivity contribution in [3.05, 3.63) is 29.8 Å². The van der Waals surface area contributed by atoms with Crippen LogP contribution >= 0.6 is 0 Å². The first-order valence-corrected chi connectivity index (χ1v) is 7.10. The van der Waals surface area contributed by atoms with Gasteiger partial charge in [0.15, 0.2) is 0 Å². The van der Waals surface area contributed by atoms with Crippen LogP contribution < -0.4 is 16.0 Å². The van der Waals surface area contributed by atoms with Gasteiger partial charge < -0.3 is 15.8 Å². The van der Waals surface area contributed by atoms with E-state index in [1.807, 2.05) is 24.3 Å². The molecular formula is C15H19N3O3. The number of carbonyl (C=O) groups is 2. The summed E-state index contributed by atoms with van der Waals surface area (Å²) >= 11 is 0. The van der Waals surface area contributed by atoms with Crippen LogP contribution in [-0.4, -0.2) is 31.2 Å². The van der Waals surface area contributed by atoms with Crippen LogP contribution in [0.1, 0.15) is 25.3 Å². The fraction of sp³-hybridized carbons (Fsp3) is 0.467. The largest absolute Gasteiger partial charge is 0.442 e. The lowest BCUT2D eigenvalue weighted by Gasteiger charge is -2.15. The van der Waals surface area contributed by atoms with E-state index >= 15 is 0 Å². The molecule has 1 aromatic carbocycles. The molecular weight excluding hydrogens is 270 g/mol. The van der Waals surface area contributed by atoms with E-state index in [2.05, 4.69) is 5.32 Å². The second-order valence-electron chi connectivity index (χ2n) is 5.76. The normalized spacial score (nSPS) is 22.9. The van der Waals surface area contributed by atoms with Crippen molar-refractivity contribution < 1.29 is 14.3 Å². The predicted molar refractivity (Wildman–Crippen MR) is 77.8 cm³/mol. The average molecular weight is 289 g/mol. The number of cyclic esters (lactones) is 1. The fourth-order valence-electron chi connectivity index (χ4n) is 2.49. The summed E-state index contributed by atoms with van der Waals surface area (Å²) in [5.41, 5.74) is 7.87. The minimum atomic E-state index is -0.382. The number of hydrogen-bond acceptors (Lipinski definition) is 4. The third kappa shape index (κ3) is 2.85. The van der Waals surface area contributed by atoms with Crippen molar-refractivity contribution in [3.8, 4) is 0 Å². The highest BCUT2D eigenvalue weighted by molar-refractivity contribution is 5.89. The van der Waals surface area contributed by atoms with Crippen LogP contribution in [0.3, 0.4) is 0 Å². The first kappa shape index (κ1) is 13.9. The third-order valence-corrected chi connectivity index (χ3v) is 4.00. The number of nitrogens with two attached hydrogens (primary N) is 1. The highest BCUT2D eigenvalue weighted by atomic mass is 16.6. The summed E-state index contributed by atoms with van der Waals surface area (Å²) in [5, 5.41) is 2.66. The van der Waals surface area contributed by atoms with Crippen LogP contribution in [0.15, 0.2) is 24.3 Å². The predicted octanol–water partition coefficient (Wildman–Crippen LogP) is 1.10. The van der Waals surface area contributed by atoms with E-state index in [9.17, 15) is 9.59 Å². The molecule has 1 heterocycles. The molecule has 0 spiro atoms. The van der Waals surface area contributed by atoms with Crippen molar-refractivity contribution in [1.82, 2.24) is 5.32 Å². The molecule has 0 radical (unpaired) electrons. The first-order valence-electron chi connectivity index (χ1n) is 7.10. The fourth-order valence-corrected chi connectivity index (χ4v) is 2.49. The Bertz CT molecular complexity index is 566. The Kier molecular flexibility index (Phi) is 3.33. The summed E-state index contributed by atoms with van der Waals surface area (Å²) in [4.78, 5) is 24.4. The molecule has 0 unspecified atom stereocenters. The molecule has 1 saturated heterocycles. The Balaban J connectivity index is 1.66. The van der Waals surface area contributed by atoms with Crippen LogP contribution in [-0.2, 0) is 15.1 Å². The van der Waals surface area contributed by atoms with E-state index in [0.29, 0.717) is 13.1 Å².